The molecule has 14 heavy (non-hydrogen) atoms. The summed E-state index contributed by atoms with van der Waals surface area (Å²) in [5.74, 6) is 0.387. The van der Waals surface area contributed by atoms with Crippen LogP contribution in [-0.2, 0) is 9.84 Å². The van der Waals surface area contributed by atoms with Crippen molar-refractivity contribution in [2.45, 2.75) is 42.9 Å². The maximum atomic E-state index is 11.7. The van der Waals surface area contributed by atoms with Crippen molar-refractivity contribution in [1.29, 1.82) is 0 Å². The second-order valence-electron chi connectivity index (χ2n) is 4.89. The zero-order valence-electron chi connectivity index (χ0n) is 8.99. The van der Waals surface area contributed by atoms with Gasteiger partial charge in [0.25, 0.3) is 0 Å². The summed E-state index contributed by atoms with van der Waals surface area (Å²) in [6, 6.07) is 0. The van der Waals surface area contributed by atoms with Crippen molar-refractivity contribution in [2.24, 2.45) is 0 Å². The first-order valence-corrected chi connectivity index (χ1v) is 7.10. The summed E-state index contributed by atoms with van der Waals surface area (Å²) in [6.45, 7) is 0. The molecule has 2 fully saturated rings. The minimum Gasteiger partial charge on any atom is -0.301 e. The van der Waals surface area contributed by atoms with E-state index in [0.717, 1.165) is 19.3 Å². The average Bonchev–Trinajstić information content (AvgIpc) is 2.24. The number of fused-ring (bicyclic) bond motifs is 1. The predicted octanol–water partition coefficient (Wildman–Crippen LogP) is 1.05. The largest absolute Gasteiger partial charge is 0.301 e. The lowest BCUT2D eigenvalue weighted by atomic mass is 9.89. The van der Waals surface area contributed by atoms with Crippen LogP contribution >= 0.6 is 0 Å². The van der Waals surface area contributed by atoms with Gasteiger partial charge in [0.15, 0.2) is 9.84 Å². The van der Waals surface area contributed by atoms with Gasteiger partial charge in [-0.1, -0.05) is 19.3 Å². The molecule has 82 valence electrons. The highest BCUT2D eigenvalue weighted by molar-refractivity contribution is 7.93. The Labute approximate surface area is 86.4 Å². The minimum atomic E-state index is -2.75. The summed E-state index contributed by atoms with van der Waals surface area (Å²) in [6.07, 6.45) is 5.40. The Morgan fingerprint density at radius 3 is 2.50 bits per heavy atom. The molecule has 1 heterocycles. The summed E-state index contributed by atoms with van der Waals surface area (Å²) in [5, 5.41) is -0.0764. The molecule has 0 radical (unpaired) electrons. The van der Waals surface area contributed by atoms with E-state index in [1.165, 1.54) is 12.8 Å². The molecule has 2 atom stereocenters. The van der Waals surface area contributed by atoms with Gasteiger partial charge in [-0.25, -0.2) is 8.42 Å². The summed E-state index contributed by atoms with van der Waals surface area (Å²) in [5.41, 5.74) is -0.0185. The summed E-state index contributed by atoms with van der Waals surface area (Å²) in [4.78, 5) is 2.14. The van der Waals surface area contributed by atoms with E-state index < -0.39 is 9.84 Å². The fourth-order valence-corrected chi connectivity index (χ4v) is 5.85. The lowest BCUT2D eigenvalue weighted by Crippen LogP contribution is -2.69. The minimum absolute atomic E-state index is 0.0185. The van der Waals surface area contributed by atoms with Crippen LogP contribution in [0.1, 0.15) is 32.1 Å². The molecule has 1 aliphatic heterocycles. The highest BCUT2D eigenvalue weighted by Crippen LogP contribution is 2.44. The van der Waals surface area contributed by atoms with Crippen molar-refractivity contribution in [1.82, 2.24) is 4.90 Å². The quantitative estimate of drug-likeness (QED) is 0.659. The Morgan fingerprint density at radius 1 is 1.21 bits per heavy atom. The number of rotatable bonds is 1. The molecule has 3 nitrogen and oxygen atoms in total. The van der Waals surface area contributed by atoms with Gasteiger partial charge in [-0.2, -0.15) is 0 Å². The third kappa shape index (κ3) is 1.31. The van der Waals surface area contributed by atoms with Gasteiger partial charge in [-0.15, -0.1) is 0 Å². The molecule has 0 amide bonds. The third-order valence-electron chi connectivity index (χ3n) is 3.95. The molecule has 1 aliphatic carbocycles. The van der Waals surface area contributed by atoms with E-state index in [1.54, 1.807) is 0 Å². The molecule has 1 saturated heterocycles. The summed E-state index contributed by atoms with van der Waals surface area (Å²) >= 11 is 0. The zero-order chi connectivity index (χ0) is 10.4. The third-order valence-corrected chi connectivity index (χ3v) is 6.39. The monoisotopic (exact) mass is 217 g/mol. The van der Waals surface area contributed by atoms with Gasteiger partial charge in [0.05, 0.1) is 16.5 Å². The SMILES string of the molecule is CN(C)[C@@]12CCCCC[C@H]1S(=O)(=O)C2. The smallest absolute Gasteiger partial charge is 0.156 e. The van der Waals surface area contributed by atoms with Crippen LogP contribution in [-0.4, -0.2) is 44.0 Å². The number of nitrogens with zero attached hydrogens (tertiary/aromatic N) is 1. The van der Waals surface area contributed by atoms with Gasteiger partial charge in [0, 0.05) is 0 Å². The van der Waals surface area contributed by atoms with Crippen molar-refractivity contribution < 1.29 is 8.42 Å². The molecule has 0 unspecified atom stereocenters. The highest BCUT2D eigenvalue weighted by atomic mass is 32.2. The number of sulfone groups is 1. The van der Waals surface area contributed by atoms with E-state index >= 15 is 0 Å². The molecule has 0 aromatic rings. The van der Waals surface area contributed by atoms with Crippen LogP contribution in [0.5, 0.6) is 0 Å². The van der Waals surface area contributed by atoms with Crippen molar-refractivity contribution in [3.05, 3.63) is 0 Å². The molecule has 2 rings (SSSR count). The summed E-state index contributed by atoms with van der Waals surface area (Å²) in [7, 11) is 1.29. The number of hydrogen-bond donors (Lipinski definition) is 0. The molecule has 0 bridgehead atoms. The molecular weight excluding hydrogens is 198 g/mol. The molecule has 0 aromatic carbocycles. The van der Waals surface area contributed by atoms with E-state index in [-0.39, 0.29) is 10.8 Å². The Balaban J connectivity index is 2.30. The van der Waals surface area contributed by atoms with E-state index in [1.807, 2.05) is 14.1 Å². The van der Waals surface area contributed by atoms with Crippen LogP contribution in [0, 0.1) is 0 Å². The zero-order valence-corrected chi connectivity index (χ0v) is 9.81. The second-order valence-corrected chi connectivity index (χ2v) is 7.08. The Kier molecular flexibility index (Phi) is 2.39. The fraction of sp³-hybridized carbons (Fsp3) is 1.00. The Bertz CT molecular complexity index is 323. The lowest BCUT2D eigenvalue weighted by Gasteiger charge is -2.52. The maximum Gasteiger partial charge on any atom is 0.156 e. The lowest BCUT2D eigenvalue weighted by molar-refractivity contribution is 0.135. The van der Waals surface area contributed by atoms with Gasteiger partial charge in [-0.05, 0) is 26.9 Å². The van der Waals surface area contributed by atoms with Crippen molar-refractivity contribution in [3.8, 4) is 0 Å². The first kappa shape index (κ1) is 10.4. The first-order valence-electron chi connectivity index (χ1n) is 5.38. The van der Waals surface area contributed by atoms with E-state index in [9.17, 15) is 8.42 Å². The van der Waals surface area contributed by atoms with Crippen molar-refractivity contribution in [2.75, 3.05) is 19.8 Å². The first-order chi connectivity index (χ1) is 6.49. The Hall–Kier alpha value is -0.0900. The van der Waals surface area contributed by atoms with Gasteiger partial charge in [0.1, 0.15) is 0 Å². The topological polar surface area (TPSA) is 37.4 Å². The number of hydrogen-bond acceptors (Lipinski definition) is 3. The van der Waals surface area contributed by atoms with Crippen LogP contribution in [0.25, 0.3) is 0 Å². The van der Waals surface area contributed by atoms with Crippen molar-refractivity contribution in [3.63, 3.8) is 0 Å². The van der Waals surface area contributed by atoms with Crippen molar-refractivity contribution >= 4 is 9.84 Å². The van der Waals surface area contributed by atoms with Gasteiger partial charge in [-0.3, -0.25) is 0 Å². The second kappa shape index (κ2) is 3.20. The van der Waals surface area contributed by atoms with E-state index in [0.29, 0.717) is 5.75 Å². The van der Waals surface area contributed by atoms with Crippen LogP contribution in [0.2, 0.25) is 0 Å². The Morgan fingerprint density at radius 2 is 1.93 bits per heavy atom. The molecule has 0 aromatic heterocycles. The summed E-state index contributed by atoms with van der Waals surface area (Å²) < 4.78 is 23.4. The molecule has 2 aliphatic rings. The standard InChI is InChI=1S/C10H19NO2S/c1-11(2)10-7-5-3-4-6-9(10)14(12,13)8-10/h9H,3-8H2,1-2H3/t9-,10-/m1/s1. The van der Waals surface area contributed by atoms with Crippen LogP contribution in [0.4, 0.5) is 0 Å². The molecule has 0 spiro atoms. The van der Waals surface area contributed by atoms with Gasteiger partial charge >= 0.3 is 0 Å². The maximum absolute atomic E-state index is 11.7. The van der Waals surface area contributed by atoms with Crippen LogP contribution in [0.3, 0.4) is 0 Å². The molecular formula is C10H19NO2S. The normalized spacial score (nSPS) is 41.2. The molecule has 4 heteroatoms. The fourth-order valence-electron chi connectivity index (χ4n) is 3.04. The van der Waals surface area contributed by atoms with Gasteiger partial charge < -0.3 is 4.90 Å². The average molecular weight is 217 g/mol. The molecule has 1 saturated carbocycles. The highest BCUT2D eigenvalue weighted by Gasteiger charge is 2.59. The predicted molar refractivity (Wildman–Crippen MR) is 57.1 cm³/mol. The van der Waals surface area contributed by atoms with Crippen LogP contribution < -0.4 is 0 Å². The van der Waals surface area contributed by atoms with E-state index in [2.05, 4.69) is 4.90 Å². The molecule has 0 N–H and O–H groups in total. The van der Waals surface area contributed by atoms with Crippen LogP contribution in [0.15, 0.2) is 0 Å². The van der Waals surface area contributed by atoms with E-state index in [4.69, 9.17) is 0 Å². The van der Waals surface area contributed by atoms with Gasteiger partial charge in [0.2, 0.25) is 0 Å².